The first kappa shape index (κ1) is 24.3. The monoisotopic (exact) mass is 429 g/mol. The van der Waals surface area contributed by atoms with E-state index in [2.05, 4.69) is 10.3 Å². The third kappa shape index (κ3) is 3.51. The van der Waals surface area contributed by atoms with E-state index in [-0.39, 0.29) is 67.6 Å². The fraction of sp³-hybridized carbons (Fsp3) is 0.526. The second-order valence-corrected chi connectivity index (χ2v) is 7.52. The third-order valence-electron chi connectivity index (χ3n) is 5.57. The summed E-state index contributed by atoms with van der Waals surface area (Å²) < 4.78 is 10.8. The minimum atomic E-state index is -1.62. The second-order valence-electron chi connectivity index (χ2n) is 7.52. The number of carbonyl (C=O) groups excluding carboxylic acids is 3. The zero-order valence-corrected chi connectivity index (χ0v) is 19.6. The van der Waals surface area contributed by atoms with Gasteiger partial charge in [0.1, 0.15) is 17.8 Å². The molecule has 1 fully saturated rings. The first-order chi connectivity index (χ1) is 13.6. The number of carboxylic acids is 1. The van der Waals surface area contributed by atoms with E-state index in [4.69, 9.17) is 14.6 Å². The number of nitrogens with zero attached hydrogens (tertiary/aromatic N) is 2. The zero-order chi connectivity index (χ0) is 21.6. The largest absolute Gasteiger partial charge is 1.00 e. The van der Waals surface area contributed by atoms with Crippen molar-refractivity contribution in [2.75, 3.05) is 13.2 Å². The average Bonchev–Trinajstić information content (AvgIpc) is 3.06. The average molecular weight is 429 g/mol. The number of pyridine rings is 1. The van der Waals surface area contributed by atoms with E-state index in [9.17, 15) is 19.2 Å². The molecule has 0 saturated carbocycles. The van der Waals surface area contributed by atoms with Gasteiger partial charge >= 0.3 is 41.5 Å². The maximum Gasteiger partial charge on any atom is 1.00 e. The second kappa shape index (κ2) is 8.62. The Morgan fingerprint density at radius 2 is 1.97 bits per heavy atom. The number of esters is 1. The van der Waals surface area contributed by atoms with E-state index in [1.54, 1.807) is 19.1 Å². The predicted octanol–water partition coefficient (Wildman–Crippen LogP) is -2.41. The summed E-state index contributed by atoms with van der Waals surface area (Å²) in [6.07, 6.45) is 1.49. The Kier molecular flexibility index (Phi) is 6.97. The van der Waals surface area contributed by atoms with E-state index in [0.29, 0.717) is 5.56 Å². The molecule has 2 aliphatic heterocycles. The topological polar surface area (TPSA) is 135 Å². The molecule has 2 aliphatic rings. The Labute approximate surface area is 197 Å². The van der Waals surface area contributed by atoms with Crippen LogP contribution >= 0.6 is 0 Å². The van der Waals surface area contributed by atoms with Crippen LogP contribution in [0.2, 0.25) is 0 Å². The molecule has 0 bridgehead atoms. The molecule has 2 N–H and O–H groups in total. The SMILES string of the molecule is CC(C(=O)O)C(=O)OCCOC12NC(=O)C(C)(C(C)C)N1C(=O)c1cccnc12.[H-].[Na+]. The number of aromatic nitrogens is 1. The van der Waals surface area contributed by atoms with Gasteiger partial charge in [-0.2, -0.15) is 0 Å². The first-order valence-electron chi connectivity index (χ1n) is 9.23. The molecule has 0 aliphatic carbocycles. The maximum absolute atomic E-state index is 13.1. The number of ether oxygens (including phenoxy) is 2. The van der Waals surface area contributed by atoms with Gasteiger partial charge in [0, 0.05) is 6.20 Å². The van der Waals surface area contributed by atoms with Gasteiger partial charge < -0.3 is 21.3 Å². The molecule has 1 aromatic rings. The Bertz CT molecular complexity index is 899. The van der Waals surface area contributed by atoms with E-state index in [1.165, 1.54) is 18.0 Å². The number of nitrogens with one attached hydrogen (secondary N) is 1. The van der Waals surface area contributed by atoms with Gasteiger partial charge in [-0.3, -0.25) is 29.1 Å². The van der Waals surface area contributed by atoms with Crippen molar-refractivity contribution in [2.24, 2.45) is 11.8 Å². The van der Waals surface area contributed by atoms with E-state index < -0.39 is 29.2 Å². The fourth-order valence-electron chi connectivity index (χ4n) is 3.50. The Balaban J connectivity index is 0.00000240. The number of hydrogen-bond acceptors (Lipinski definition) is 7. The van der Waals surface area contributed by atoms with Gasteiger partial charge in [-0.15, -0.1) is 0 Å². The maximum atomic E-state index is 13.1. The van der Waals surface area contributed by atoms with Crippen LogP contribution in [0.15, 0.2) is 18.3 Å². The minimum absolute atomic E-state index is 0. The Morgan fingerprint density at radius 3 is 2.57 bits per heavy atom. The predicted molar refractivity (Wildman–Crippen MR) is 98.3 cm³/mol. The molecule has 3 heterocycles. The Morgan fingerprint density at radius 1 is 1.30 bits per heavy atom. The van der Waals surface area contributed by atoms with Gasteiger partial charge in [0.25, 0.3) is 11.8 Å². The van der Waals surface area contributed by atoms with Crippen molar-refractivity contribution in [3.05, 3.63) is 29.6 Å². The van der Waals surface area contributed by atoms with Gasteiger partial charge in [-0.05, 0) is 31.9 Å². The molecule has 11 heteroatoms. The van der Waals surface area contributed by atoms with Gasteiger partial charge in [0.2, 0.25) is 5.91 Å². The number of carbonyl (C=O) groups is 4. The molecular weight excluding hydrogens is 405 g/mol. The number of hydrogen-bond donors (Lipinski definition) is 2. The van der Waals surface area contributed by atoms with E-state index in [1.807, 2.05) is 13.8 Å². The van der Waals surface area contributed by atoms with Gasteiger partial charge in [-0.25, -0.2) is 0 Å². The van der Waals surface area contributed by atoms with Crippen LogP contribution in [0.4, 0.5) is 0 Å². The molecule has 1 aromatic heterocycles. The molecular formula is C19H24N3NaO7. The Hall–Kier alpha value is -2.01. The quantitative estimate of drug-likeness (QED) is 0.212. The van der Waals surface area contributed by atoms with Crippen molar-refractivity contribution >= 4 is 23.8 Å². The van der Waals surface area contributed by atoms with Crippen molar-refractivity contribution in [2.45, 2.75) is 39.1 Å². The summed E-state index contributed by atoms with van der Waals surface area (Å²) in [5, 5.41) is 11.6. The number of rotatable bonds is 7. The fourth-order valence-corrected chi connectivity index (χ4v) is 3.50. The summed E-state index contributed by atoms with van der Waals surface area (Å²) in [6, 6.07) is 3.23. The molecule has 30 heavy (non-hydrogen) atoms. The van der Waals surface area contributed by atoms with Crippen LogP contribution in [0.3, 0.4) is 0 Å². The number of fused-ring (bicyclic) bond motifs is 3. The van der Waals surface area contributed by atoms with Crippen LogP contribution in [0.1, 0.15) is 45.2 Å². The first-order valence-corrected chi connectivity index (χ1v) is 9.23. The summed E-state index contributed by atoms with van der Waals surface area (Å²) in [5.74, 6) is -6.12. The van der Waals surface area contributed by atoms with Crippen LogP contribution in [-0.2, 0) is 29.7 Å². The normalized spacial score (nSPS) is 25.3. The van der Waals surface area contributed by atoms with Crippen LogP contribution in [0.25, 0.3) is 0 Å². The number of carboxylic acid groups (broad SMARTS) is 1. The zero-order valence-electron chi connectivity index (χ0n) is 18.6. The molecule has 1 saturated heterocycles. The summed E-state index contributed by atoms with van der Waals surface area (Å²) >= 11 is 0. The summed E-state index contributed by atoms with van der Waals surface area (Å²) in [6.45, 7) is 6.09. The third-order valence-corrected chi connectivity index (χ3v) is 5.57. The van der Waals surface area contributed by atoms with Crippen molar-refractivity contribution in [1.29, 1.82) is 0 Å². The van der Waals surface area contributed by atoms with Crippen molar-refractivity contribution in [3.63, 3.8) is 0 Å². The molecule has 0 radical (unpaired) electrons. The van der Waals surface area contributed by atoms with Gasteiger partial charge in [0.05, 0.1) is 12.2 Å². The molecule has 0 aromatic carbocycles. The minimum Gasteiger partial charge on any atom is -1.00 e. The van der Waals surface area contributed by atoms with Crippen molar-refractivity contribution in [3.8, 4) is 0 Å². The van der Waals surface area contributed by atoms with E-state index >= 15 is 0 Å². The molecule has 3 rings (SSSR count). The summed E-state index contributed by atoms with van der Waals surface area (Å²) in [4.78, 5) is 54.1. The molecule has 10 nitrogen and oxygen atoms in total. The summed E-state index contributed by atoms with van der Waals surface area (Å²) in [5.41, 5.74) is -0.601. The van der Waals surface area contributed by atoms with Crippen LogP contribution in [0.5, 0.6) is 0 Å². The van der Waals surface area contributed by atoms with Crippen LogP contribution in [-0.4, -0.2) is 57.5 Å². The molecule has 3 unspecified atom stereocenters. The van der Waals surface area contributed by atoms with Crippen molar-refractivity contribution < 1.29 is 64.7 Å². The standard InChI is InChI=1S/C19H23N3O7.Na.H/c1-10(2)18(4)17(27)21-19(29-9-8-28-16(26)11(3)15(24)25)13-12(6-5-7-20-13)14(23)22(18)19;;/h5-7,10-11H,8-9H2,1-4H3,(H,21,27)(H,24,25);;/q;+1;-1. The number of amides is 2. The van der Waals surface area contributed by atoms with Gasteiger partial charge in [0.15, 0.2) is 5.92 Å². The number of aliphatic carboxylic acids is 1. The summed E-state index contributed by atoms with van der Waals surface area (Å²) in [7, 11) is 0. The molecule has 0 spiro atoms. The van der Waals surface area contributed by atoms with Crippen LogP contribution < -0.4 is 34.9 Å². The van der Waals surface area contributed by atoms with Gasteiger partial charge in [-0.1, -0.05) is 13.8 Å². The molecule has 2 amide bonds. The van der Waals surface area contributed by atoms with E-state index in [0.717, 1.165) is 0 Å². The smallest absolute Gasteiger partial charge is 1.00 e. The van der Waals surface area contributed by atoms with Crippen molar-refractivity contribution in [1.82, 2.24) is 15.2 Å². The van der Waals surface area contributed by atoms with Crippen LogP contribution in [0, 0.1) is 11.8 Å². The molecule has 3 atom stereocenters. The molecule has 158 valence electrons.